The number of carbonyl (C=O) groups excluding carboxylic acids is 1. The molecule has 2 fully saturated rings. The molecule has 0 aromatic heterocycles. The Morgan fingerprint density at radius 3 is 2.58 bits per heavy atom. The van der Waals surface area contributed by atoms with Gasteiger partial charge >= 0.3 is 0 Å². The van der Waals surface area contributed by atoms with Crippen LogP contribution in [0.5, 0.6) is 0 Å². The van der Waals surface area contributed by atoms with Crippen molar-refractivity contribution in [2.45, 2.75) is 83.3 Å². The lowest BCUT2D eigenvalue weighted by molar-refractivity contribution is -0.140. The molecule has 1 N–H and O–H groups in total. The van der Waals surface area contributed by atoms with Gasteiger partial charge in [-0.1, -0.05) is 26.7 Å². The zero-order valence-electron chi connectivity index (χ0n) is 12.5. The smallest absolute Gasteiger partial charge is 0.225 e. The molecule has 1 atom stereocenters. The molecule has 1 amide bonds. The zero-order chi connectivity index (χ0) is 13.9. The van der Waals surface area contributed by atoms with Gasteiger partial charge in [-0.2, -0.15) is 0 Å². The molecule has 1 heterocycles. The van der Waals surface area contributed by atoms with E-state index in [0.717, 1.165) is 51.5 Å². The van der Waals surface area contributed by atoms with Crippen LogP contribution in [0.3, 0.4) is 0 Å². The summed E-state index contributed by atoms with van der Waals surface area (Å²) in [6.07, 6.45) is 8.71. The van der Waals surface area contributed by atoms with Crippen LogP contribution in [0.1, 0.15) is 71.6 Å². The van der Waals surface area contributed by atoms with Gasteiger partial charge in [-0.25, -0.2) is 0 Å². The summed E-state index contributed by atoms with van der Waals surface area (Å²) in [7, 11) is 0. The molecule has 0 bridgehead atoms. The molecule has 1 aliphatic carbocycles. The van der Waals surface area contributed by atoms with Crippen LogP contribution in [-0.4, -0.2) is 34.1 Å². The minimum absolute atomic E-state index is 0.190. The average molecular weight is 267 g/mol. The topological polar surface area (TPSA) is 40.5 Å². The third-order valence-electron chi connectivity index (χ3n) is 4.71. The Kier molecular flexibility index (Phi) is 4.88. The van der Waals surface area contributed by atoms with Gasteiger partial charge in [-0.15, -0.1) is 0 Å². The van der Waals surface area contributed by atoms with Crippen LogP contribution < -0.4 is 0 Å². The van der Waals surface area contributed by atoms with Crippen molar-refractivity contribution in [3.63, 3.8) is 0 Å². The third-order valence-corrected chi connectivity index (χ3v) is 4.71. The molecule has 0 radical (unpaired) electrons. The molecule has 3 nitrogen and oxygen atoms in total. The number of nitrogens with zero attached hydrogens (tertiary/aromatic N) is 1. The molecule has 1 saturated carbocycles. The van der Waals surface area contributed by atoms with Gasteiger partial charge in [0, 0.05) is 12.6 Å². The van der Waals surface area contributed by atoms with Crippen molar-refractivity contribution in [1.82, 2.24) is 4.90 Å². The number of piperidine rings is 1. The van der Waals surface area contributed by atoms with Crippen molar-refractivity contribution in [2.75, 3.05) is 6.54 Å². The molecule has 1 aliphatic heterocycles. The van der Waals surface area contributed by atoms with E-state index in [1.165, 1.54) is 6.42 Å². The van der Waals surface area contributed by atoms with E-state index in [1.54, 1.807) is 0 Å². The number of likely N-dealkylation sites (tertiary alicyclic amines) is 1. The first-order valence-corrected chi connectivity index (χ1v) is 8.02. The van der Waals surface area contributed by atoms with Gasteiger partial charge in [0.15, 0.2) is 0 Å². The van der Waals surface area contributed by atoms with Crippen molar-refractivity contribution >= 4 is 5.91 Å². The predicted octanol–water partition coefficient (Wildman–Crippen LogP) is 3.11. The number of aliphatic hydroxyl groups is 1. The second kappa shape index (κ2) is 6.25. The average Bonchev–Trinajstić information content (AvgIpc) is 2.75. The van der Waals surface area contributed by atoms with Crippen LogP contribution in [0, 0.1) is 5.92 Å². The van der Waals surface area contributed by atoms with Crippen LogP contribution in [0.2, 0.25) is 0 Å². The minimum Gasteiger partial charge on any atom is -0.389 e. The molecule has 2 rings (SSSR count). The monoisotopic (exact) mass is 267 g/mol. The highest BCUT2D eigenvalue weighted by molar-refractivity contribution is 5.77. The quantitative estimate of drug-likeness (QED) is 0.850. The summed E-state index contributed by atoms with van der Waals surface area (Å²) >= 11 is 0. The lowest BCUT2D eigenvalue weighted by Crippen LogP contribution is -2.46. The molecule has 0 aromatic carbocycles. The van der Waals surface area contributed by atoms with Gasteiger partial charge in [-0.3, -0.25) is 4.79 Å². The Hall–Kier alpha value is -0.570. The molecule has 3 heteroatoms. The maximum Gasteiger partial charge on any atom is 0.225 e. The second-order valence-corrected chi connectivity index (χ2v) is 6.97. The van der Waals surface area contributed by atoms with Gasteiger partial charge < -0.3 is 10.0 Å². The molecule has 1 unspecified atom stereocenters. The maximum atomic E-state index is 12.5. The molecule has 0 spiro atoms. The highest BCUT2D eigenvalue weighted by Crippen LogP contribution is 2.34. The summed E-state index contributed by atoms with van der Waals surface area (Å²) in [6, 6.07) is 0.409. The van der Waals surface area contributed by atoms with Crippen molar-refractivity contribution in [3.8, 4) is 0 Å². The minimum atomic E-state index is -0.698. The molecule has 2 aliphatic rings. The Labute approximate surface area is 117 Å². The summed E-state index contributed by atoms with van der Waals surface area (Å²) in [5.41, 5.74) is -0.698. The molecule has 110 valence electrons. The first-order chi connectivity index (χ1) is 9.00. The number of carbonyl (C=O) groups is 1. The Morgan fingerprint density at radius 1 is 1.26 bits per heavy atom. The van der Waals surface area contributed by atoms with Crippen LogP contribution >= 0.6 is 0 Å². The maximum absolute atomic E-state index is 12.5. The third kappa shape index (κ3) is 3.95. The highest BCUT2D eigenvalue weighted by Gasteiger charge is 2.36. The standard InChI is InChI=1S/C16H29NO2/c1-13(2)11-14-7-3-6-10-17(14)15(18)12-16(19)8-4-5-9-16/h13-14,19H,3-12H2,1-2H3. The van der Waals surface area contributed by atoms with Gasteiger partial charge in [0.2, 0.25) is 5.91 Å². The second-order valence-electron chi connectivity index (χ2n) is 6.97. The predicted molar refractivity (Wildman–Crippen MR) is 76.8 cm³/mol. The Balaban J connectivity index is 1.94. The number of hydrogen-bond donors (Lipinski definition) is 1. The summed E-state index contributed by atoms with van der Waals surface area (Å²) in [5.74, 6) is 0.822. The first-order valence-electron chi connectivity index (χ1n) is 8.02. The van der Waals surface area contributed by atoms with E-state index in [-0.39, 0.29) is 5.91 Å². The number of hydrogen-bond acceptors (Lipinski definition) is 2. The molecular formula is C16H29NO2. The fourth-order valence-corrected chi connectivity index (χ4v) is 3.71. The van der Waals surface area contributed by atoms with Crippen LogP contribution in [0.4, 0.5) is 0 Å². The number of amides is 1. The highest BCUT2D eigenvalue weighted by atomic mass is 16.3. The molecule has 0 aromatic rings. The lowest BCUT2D eigenvalue weighted by Gasteiger charge is -2.38. The van der Waals surface area contributed by atoms with Crippen molar-refractivity contribution in [2.24, 2.45) is 5.92 Å². The molecule has 1 saturated heterocycles. The Bertz CT molecular complexity index is 308. The van der Waals surface area contributed by atoms with Crippen LogP contribution in [-0.2, 0) is 4.79 Å². The molecule has 19 heavy (non-hydrogen) atoms. The van der Waals surface area contributed by atoms with Gasteiger partial charge in [0.25, 0.3) is 0 Å². The summed E-state index contributed by atoms with van der Waals surface area (Å²) in [5, 5.41) is 10.4. The van der Waals surface area contributed by atoms with Crippen molar-refractivity contribution < 1.29 is 9.90 Å². The molecular weight excluding hydrogens is 238 g/mol. The zero-order valence-corrected chi connectivity index (χ0v) is 12.5. The summed E-state index contributed by atoms with van der Waals surface area (Å²) < 4.78 is 0. The van der Waals surface area contributed by atoms with E-state index < -0.39 is 5.60 Å². The first kappa shape index (κ1) is 14.8. The fourth-order valence-electron chi connectivity index (χ4n) is 3.71. The van der Waals surface area contributed by atoms with Gasteiger partial charge in [0.1, 0.15) is 0 Å². The summed E-state index contributed by atoms with van der Waals surface area (Å²) in [6.45, 7) is 5.34. The van der Waals surface area contributed by atoms with E-state index in [0.29, 0.717) is 18.4 Å². The van der Waals surface area contributed by atoms with Crippen LogP contribution in [0.15, 0.2) is 0 Å². The van der Waals surface area contributed by atoms with E-state index >= 15 is 0 Å². The lowest BCUT2D eigenvalue weighted by atomic mass is 9.91. The SMILES string of the molecule is CC(C)CC1CCCCN1C(=O)CC1(O)CCCC1. The fraction of sp³-hybridized carbons (Fsp3) is 0.938. The van der Waals surface area contributed by atoms with Crippen molar-refractivity contribution in [3.05, 3.63) is 0 Å². The largest absolute Gasteiger partial charge is 0.389 e. The van der Waals surface area contributed by atoms with E-state index in [4.69, 9.17) is 0 Å². The van der Waals surface area contributed by atoms with Gasteiger partial charge in [0.05, 0.1) is 12.0 Å². The normalized spacial score (nSPS) is 26.9. The van der Waals surface area contributed by atoms with Gasteiger partial charge in [-0.05, 0) is 44.4 Å². The van der Waals surface area contributed by atoms with E-state index in [9.17, 15) is 9.90 Å². The Morgan fingerprint density at radius 2 is 1.95 bits per heavy atom. The number of rotatable bonds is 4. The van der Waals surface area contributed by atoms with Crippen molar-refractivity contribution in [1.29, 1.82) is 0 Å². The van der Waals surface area contributed by atoms with Crippen LogP contribution in [0.25, 0.3) is 0 Å². The van der Waals surface area contributed by atoms with E-state index in [1.807, 2.05) is 0 Å². The summed E-state index contributed by atoms with van der Waals surface area (Å²) in [4.78, 5) is 14.6. The van der Waals surface area contributed by atoms with E-state index in [2.05, 4.69) is 18.7 Å².